The highest BCUT2D eigenvalue weighted by Gasteiger charge is 2.38. The Morgan fingerprint density at radius 2 is 1.82 bits per heavy atom. The lowest BCUT2D eigenvalue weighted by molar-refractivity contribution is -0.138. The summed E-state index contributed by atoms with van der Waals surface area (Å²) < 4.78 is 80.4. The molecular formula is C18H13F6N3S. The van der Waals surface area contributed by atoms with E-state index in [0.29, 0.717) is 10.5 Å². The van der Waals surface area contributed by atoms with Crippen molar-refractivity contribution in [3.8, 4) is 11.4 Å². The summed E-state index contributed by atoms with van der Waals surface area (Å²) in [5.41, 5.74) is -0.667. The van der Waals surface area contributed by atoms with Crippen molar-refractivity contribution < 1.29 is 26.3 Å². The number of hydrogen-bond donors (Lipinski definition) is 0. The van der Waals surface area contributed by atoms with Crippen LogP contribution in [0.25, 0.3) is 22.6 Å². The fraction of sp³-hybridized carbons (Fsp3) is 0.333. The third kappa shape index (κ3) is 3.03. The second kappa shape index (κ2) is 6.13. The number of nitrogens with zero attached hydrogens (tertiary/aromatic N) is 3. The molecule has 0 N–H and O–H groups in total. The van der Waals surface area contributed by atoms with Crippen LogP contribution in [0.3, 0.4) is 0 Å². The summed E-state index contributed by atoms with van der Waals surface area (Å²) in [5.74, 6) is 0.286. The molecule has 0 amide bonds. The molecule has 1 aliphatic rings. The first-order valence-electron chi connectivity index (χ1n) is 8.26. The van der Waals surface area contributed by atoms with Gasteiger partial charge in [-0.1, -0.05) is 6.92 Å². The van der Waals surface area contributed by atoms with Gasteiger partial charge in [-0.15, -0.1) is 11.8 Å². The number of aromatic nitrogens is 3. The number of hydrogen-bond acceptors (Lipinski definition) is 3. The molecule has 28 heavy (non-hydrogen) atoms. The van der Waals surface area contributed by atoms with E-state index in [1.165, 1.54) is 22.4 Å². The molecule has 1 aromatic carbocycles. The van der Waals surface area contributed by atoms with Crippen molar-refractivity contribution in [2.75, 3.05) is 0 Å². The minimum absolute atomic E-state index is 0.0389. The number of thioether (sulfide) groups is 1. The summed E-state index contributed by atoms with van der Waals surface area (Å²) in [6, 6.07) is 3.24. The summed E-state index contributed by atoms with van der Waals surface area (Å²) in [7, 11) is 1.58. The SMILES string of the molecule is CC1Cc2c(C(F)(F)F)ccc(-c3nc4cc(C(F)(F)F)cnc4n3C)c2S1. The Labute approximate surface area is 159 Å². The van der Waals surface area contributed by atoms with Crippen LogP contribution in [0.5, 0.6) is 0 Å². The zero-order chi connectivity index (χ0) is 20.4. The normalized spacial score (nSPS) is 17.4. The van der Waals surface area contributed by atoms with Gasteiger partial charge in [-0.2, -0.15) is 26.3 Å². The molecule has 3 aromatic rings. The number of rotatable bonds is 1. The first-order chi connectivity index (χ1) is 13.0. The molecule has 4 rings (SSSR count). The van der Waals surface area contributed by atoms with Gasteiger partial charge < -0.3 is 4.57 Å². The lowest BCUT2D eigenvalue weighted by Gasteiger charge is -2.14. The van der Waals surface area contributed by atoms with E-state index in [-0.39, 0.29) is 34.2 Å². The van der Waals surface area contributed by atoms with E-state index in [2.05, 4.69) is 9.97 Å². The summed E-state index contributed by atoms with van der Waals surface area (Å²) in [6.07, 6.45) is -8.03. The van der Waals surface area contributed by atoms with Crippen LogP contribution in [-0.2, 0) is 25.8 Å². The van der Waals surface area contributed by atoms with Gasteiger partial charge in [0.2, 0.25) is 0 Å². The highest BCUT2D eigenvalue weighted by atomic mass is 32.2. The Bertz CT molecular complexity index is 1080. The average Bonchev–Trinajstić information content (AvgIpc) is 3.11. The molecule has 2 aromatic heterocycles. The molecule has 3 heterocycles. The third-order valence-electron chi connectivity index (χ3n) is 4.65. The summed E-state index contributed by atoms with van der Waals surface area (Å²) in [6.45, 7) is 1.83. The highest BCUT2D eigenvalue weighted by molar-refractivity contribution is 8.00. The molecule has 0 radical (unpaired) electrons. The van der Waals surface area contributed by atoms with Gasteiger partial charge in [0, 0.05) is 29.0 Å². The summed E-state index contributed by atoms with van der Waals surface area (Å²) in [4.78, 5) is 8.58. The summed E-state index contributed by atoms with van der Waals surface area (Å²) >= 11 is 1.32. The van der Waals surface area contributed by atoms with Crippen LogP contribution in [0.2, 0.25) is 0 Å². The minimum atomic E-state index is -4.56. The second-order valence-corrected chi connectivity index (χ2v) is 8.11. The van der Waals surface area contributed by atoms with Crippen molar-refractivity contribution in [1.29, 1.82) is 0 Å². The Balaban J connectivity index is 1.92. The number of halogens is 6. The Kier molecular flexibility index (Phi) is 4.18. The van der Waals surface area contributed by atoms with Crippen molar-refractivity contribution in [1.82, 2.24) is 14.5 Å². The molecule has 0 bridgehead atoms. The van der Waals surface area contributed by atoms with Crippen molar-refractivity contribution >= 4 is 22.9 Å². The quantitative estimate of drug-likeness (QED) is 0.475. The average molecular weight is 417 g/mol. The predicted octanol–water partition coefficient (Wildman–Crippen LogP) is 5.71. The number of fused-ring (bicyclic) bond motifs is 2. The Hall–Kier alpha value is -2.23. The monoisotopic (exact) mass is 417 g/mol. The van der Waals surface area contributed by atoms with Crippen molar-refractivity contribution in [3.63, 3.8) is 0 Å². The lowest BCUT2D eigenvalue weighted by Crippen LogP contribution is -2.10. The molecule has 3 nitrogen and oxygen atoms in total. The van der Waals surface area contributed by atoms with E-state index in [1.54, 1.807) is 7.05 Å². The van der Waals surface area contributed by atoms with Crippen LogP contribution < -0.4 is 0 Å². The fourth-order valence-corrected chi connectivity index (χ4v) is 4.68. The van der Waals surface area contributed by atoms with Gasteiger partial charge >= 0.3 is 12.4 Å². The molecule has 0 aliphatic carbocycles. The molecular weight excluding hydrogens is 404 g/mol. The van der Waals surface area contributed by atoms with Crippen LogP contribution >= 0.6 is 11.8 Å². The van der Waals surface area contributed by atoms with Crippen LogP contribution in [0.1, 0.15) is 23.6 Å². The number of aryl methyl sites for hydroxylation is 1. The molecule has 0 spiro atoms. The van der Waals surface area contributed by atoms with Gasteiger partial charge in [-0.3, -0.25) is 0 Å². The summed E-state index contributed by atoms with van der Waals surface area (Å²) in [5, 5.41) is -0.0399. The largest absolute Gasteiger partial charge is 0.417 e. The number of alkyl halides is 6. The topological polar surface area (TPSA) is 30.7 Å². The first kappa shape index (κ1) is 19.1. The Morgan fingerprint density at radius 3 is 2.46 bits per heavy atom. The van der Waals surface area contributed by atoms with E-state index in [4.69, 9.17) is 0 Å². The number of benzene rings is 1. The molecule has 1 aliphatic heterocycles. The van der Waals surface area contributed by atoms with E-state index in [0.717, 1.165) is 18.3 Å². The molecule has 0 saturated heterocycles. The van der Waals surface area contributed by atoms with Gasteiger partial charge in [0.1, 0.15) is 11.3 Å². The van der Waals surface area contributed by atoms with Crippen molar-refractivity contribution in [2.24, 2.45) is 7.05 Å². The maximum atomic E-state index is 13.4. The maximum Gasteiger partial charge on any atom is 0.417 e. The minimum Gasteiger partial charge on any atom is -0.312 e. The zero-order valence-corrected chi connectivity index (χ0v) is 15.4. The van der Waals surface area contributed by atoms with Crippen LogP contribution in [-0.4, -0.2) is 19.8 Å². The van der Waals surface area contributed by atoms with E-state index < -0.39 is 23.5 Å². The first-order valence-corrected chi connectivity index (χ1v) is 9.14. The maximum absolute atomic E-state index is 13.4. The van der Waals surface area contributed by atoms with Gasteiger partial charge in [0.05, 0.1) is 11.1 Å². The highest BCUT2D eigenvalue weighted by Crippen LogP contribution is 2.48. The number of pyridine rings is 1. The molecule has 0 fully saturated rings. The van der Waals surface area contributed by atoms with E-state index in [9.17, 15) is 26.3 Å². The van der Waals surface area contributed by atoms with Gasteiger partial charge in [0.15, 0.2) is 5.65 Å². The standard InChI is InChI=1S/C18H13F6N3S/c1-8-5-11-12(18(22,23)24)4-3-10(14(11)28-8)15-26-13-6-9(17(19,20)21)7-25-16(13)27(15)2/h3-4,6-8H,5H2,1-2H3. The smallest absolute Gasteiger partial charge is 0.312 e. The van der Waals surface area contributed by atoms with Crippen molar-refractivity contribution in [2.45, 2.75) is 35.8 Å². The third-order valence-corrected chi connectivity index (χ3v) is 5.92. The zero-order valence-electron chi connectivity index (χ0n) is 14.6. The predicted molar refractivity (Wildman–Crippen MR) is 93.0 cm³/mol. The molecule has 0 saturated carbocycles. The van der Waals surface area contributed by atoms with Crippen LogP contribution in [0.4, 0.5) is 26.3 Å². The molecule has 1 atom stereocenters. The van der Waals surface area contributed by atoms with Crippen LogP contribution in [0, 0.1) is 0 Å². The number of imidazole rings is 1. The van der Waals surface area contributed by atoms with Gasteiger partial charge in [-0.25, -0.2) is 9.97 Å². The van der Waals surface area contributed by atoms with Crippen molar-refractivity contribution in [3.05, 3.63) is 41.1 Å². The van der Waals surface area contributed by atoms with Gasteiger partial charge in [-0.05, 0) is 30.2 Å². The lowest BCUT2D eigenvalue weighted by atomic mass is 9.99. The van der Waals surface area contributed by atoms with E-state index >= 15 is 0 Å². The van der Waals surface area contributed by atoms with Crippen LogP contribution in [0.15, 0.2) is 29.3 Å². The molecule has 1 unspecified atom stereocenters. The molecule has 148 valence electrons. The molecule has 10 heteroatoms. The Morgan fingerprint density at radius 1 is 1.11 bits per heavy atom. The van der Waals surface area contributed by atoms with Gasteiger partial charge in [0.25, 0.3) is 0 Å². The van der Waals surface area contributed by atoms with E-state index in [1.807, 2.05) is 6.92 Å². The fourth-order valence-electron chi connectivity index (χ4n) is 3.41. The second-order valence-electron chi connectivity index (χ2n) is 6.66.